The fourth-order valence-corrected chi connectivity index (χ4v) is 5.29. The van der Waals surface area contributed by atoms with Crippen molar-refractivity contribution in [3.05, 3.63) is 89.8 Å². The van der Waals surface area contributed by atoms with E-state index < -0.39 is 0 Å². The van der Waals surface area contributed by atoms with Gasteiger partial charge in [0.15, 0.2) is 5.11 Å². The largest absolute Gasteiger partial charge is 0.508 e. The number of thiocarbonyl (C=S) groups is 1. The zero-order chi connectivity index (χ0) is 23.3. The van der Waals surface area contributed by atoms with Crippen molar-refractivity contribution < 1.29 is 5.11 Å². The van der Waals surface area contributed by atoms with E-state index in [0.717, 1.165) is 16.9 Å². The Morgan fingerprint density at radius 3 is 2.52 bits per heavy atom. The number of aromatic nitrogens is 1. The third-order valence-corrected chi connectivity index (χ3v) is 7.12. The van der Waals surface area contributed by atoms with E-state index >= 15 is 0 Å². The van der Waals surface area contributed by atoms with Crippen LogP contribution in [0, 0.1) is 0 Å². The highest BCUT2D eigenvalue weighted by Crippen LogP contribution is 2.45. The van der Waals surface area contributed by atoms with Crippen LogP contribution in [-0.2, 0) is 0 Å². The number of benzene rings is 2. The van der Waals surface area contributed by atoms with Crippen molar-refractivity contribution in [1.82, 2.24) is 10.3 Å². The maximum absolute atomic E-state index is 9.82. The molecule has 5 rings (SSSR count). The van der Waals surface area contributed by atoms with E-state index in [1.54, 1.807) is 12.1 Å². The van der Waals surface area contributed by atoms with Crippen LogP contribution in [0.4, 0.5) is 11.4 Å². The quantitative estimate of drug-likeness (QED) is 0.501. The summed E-state index contributed by atoms with van der Waals surface area (Å²) in [5.74, 6) is 0.231. The minimum atomic E-state index is -0.104. The molecule has 0 bridgehead atoms. The van der Waals surface area contributed by atoms with Crippen LogP contribution >= 0.6 is 12.2 Å². The molecule has 1 fully saturated rings. The summed E-state index contributed by atoms with van der Waals surface area (Å²) in [6.07, 6.45) is 4.14. The van der Waals surface area contributed by atoms with Gasteiger partial charge in [0, 0.05) is 30.2 Å². The number of pyridine rings is 1. The van der Waals surface area contributed by atoms with Crippen molar-refractivity contribution >= 4 is 34.3 Å². The number of aromatic hydroxyl groups is 1. The fourth-order valence-electron chi connectivity index (χ4n) is 4.95. The Labute approximate surface area is 200 Å². The van der Waals surface area contributed by atoms with Crippen molar-refractivity contribution in [3.8, 4) is 5.75 Å². The van der Waals surface area contributed by atoms with Crippen molar-refractivity contribution in [1.29, 1.82) is 0 Å². The van der Waals surface area contributed by atoms with Crippen LogP contribution in [0.3, 0.4) is 0 Å². The van der Waals surface area contributed by atoms with Crippen LogP contribution in [0.2, 0.25) is 0 Å². The van der Waals surface area contributed by atoms with Crippen molar-refractivity contribution in [2.24, 2.45) is 0 Å². The molecule has 168 valence electrons. The number of nitrogens with zero attached hydrogens (tertiary/aromatic N) is 3. The first kappa shape index (κ1) is 21.5. The van der Waals surface area contributed by atoms with Gasteiger partial charge in [-0.1, -0.05) is 18.2 Å². The highest BCUT2D eigenvalue weighted by Gasteiger charge is 2.41. The second kappa shape index (κ2) is 7.89. The molecule has 3 aromatic rings. The predicted molar refractivity (Wildman–Crippen MR) is 139 cm³/mol. The molecule has 5 nitrogen and oxygen atoms in total. The molecule has 2 aromatic carbocycles. The average Bonchev–Trinajstić information content (AvgIpc) is 3.15. The van der Waals surface area contributed by atoms with Crippen molar-refractivity contribution in [2.45, 2.75) is 38.4 Å². The molecule has 0 radical (unpaired) electrons. The van der Waals surface area contributed by atoms with Gasteiger partial charge in [-0.15, -0.1) is 0 Å². The Bertz CT molecular complexity index is 1240. The molecule has 2 aliphatic heterocycles. The van der Waals surface area contributed by atoms with Gasteiger partial charge >= 0.3 is 0 Å². The van der Waals surface area contributed by atoms with Gasteiger partial charge < -0.3 is 20.2 Å². The zero-order valence-electron chi connectivity index (χ0n) is 19.3. The lowest BCUT2D eigenvalue weighted by atomic mass is 9.86. The fraction of sp³-hybridized carbons (Fsp3) is 0.259. The standard InChI is InChI=1S/C27H28N4OS/c1-17-16-27(2,3)30(4)23-13-8-18(15-21(17)23)25-24(22-7-5-6-14-28-22)29-26(33)31(25)19-9-11-20(32)12-10-19/h5-16,24-25,32H,1-4H3,(H,29,33)/t24-,25+/m1/s1. The molecule has 6 heteroatoms. The van der Waals surface area contributed by atoms with Crippen LogP contribution in [-0.4, -0.2) is 27.8 Å². The Balaban J connectivity index is 1.65. The molecule has 0 aliphatic carbocycles. The zero-order valence-corrected chi connectivity index (χ0v) is 20.1. The van der Waals surface area contributed by atoms with Gasteiger partial charge in [0.1, 0.15) is 5.75 Å². The Hall–Kier alpha value is -3.38. The minimum Gasteiger partial charge on any atom is -0.508 e. The van der Waals surface area contributed by atoms with E-state index in [-0.39, 0.29) is 23.4 Å². The monoisotopic (exact) mass is 456 g/mol. The highest BCUT2D eigenvalue weighted by molar-refractivity contribution is 7.80. The number of anilines is 2. The van der Waals surface area contributed by atoms with Crippen LogP contribution in [0.25, 0.3) is 5.57 Å². The highest BCUT2D eigenvalue weighted by atomic mass is 32.1. The number of nitrogens with one attached hydrogen (secondary N) is 1. The molecule has 1 aromatic heterocycles. The molecule has 2 aliphatic rings. The molecule has 2 atom stereocenters. The first-order valence-electron chi connectivity index (χ1n) is 11.1. The number of hydrogen-bond acceptors (Lipinski definition) is 4. The number of fused-ring (bicyclic) bond motifs is 1. The van der Waals surface area contributed by atoms with Crippen LogP contribution in [0.15, 0.2) is 72.9 Å². The summed E-state index contributed by atoms with van der Waals surface area (Å²) >= 11 is 5.81. The van der Waals surface area contributed by atoms with Crippen LogP contribution < -0.4 is 15.1 Å². The molecule has 2 N–H and O–H groups in total. The third-order valence-electron chi connectivity index (χ3n) is 6.81. The predicted octanol–water partition coefficient (Wildman–Crippen LogP) is 5.60. The van der Waals surface area contributed by atoms with E-state index in [9.17, 15) is 5.11 Å². The first-order valence-corrected chi connectivity index (χ1v) is 11.5. The van der Waals surface area contributed by atoms with Gasteiger partial charge in [-0.2, -0.15) is 0 Å². The van der Waals surface area contributed by atoms with Gasteiger partial charge in [0.05, 0.1) is 23.3 Å². The van der Waals surface area contributed by atoms with Crippen molar-refractivity contribution in [2.75, 3.05) is 16.8 Å². The van der Waals surface area contributed by atoms with E-state index in [0.29, 0.717) is 5.11 Å². The van der Waals surface area contributed by atoms with Crippen molar-refractivity contribution in [3.63, 3.8) is 0 Å². The Morgan fingerprint density at radius 1 is 1.06 bits per heavy atom. The lowest BCUT2D eigenvalue weighted by molar-refractivity contribution is 0.475. The second-order valence-electron chi connectivity index (χ2n) is 9.33. The normalized spacial score (nSPS) is 21.5. The number of rotatable bonds is 3. The number of likely N-dealkylation sites (N-methyl/N-ethyl adjacent to an activating group) is 1. The molecule has 33 heavy (non-hydrogen) atoms. The topological polar surface area (TPSA) is 51.6 Å². The molecule has 0 spiro atoms. The van der Waals surface area contributed by atoms with Gasteiger partial charge in [0.25, 0.3) is 0 Å². The molecule has 0 unspecified atom stereocenters. The molecular formula is C27H28N4OS. The van der Waals surface area contributed by atoms with E-state index in [4.69, 9.17) is 12.2 Å². The van der Waals surface area contributed by atoms with E-state index in [1.807, 2.05) is 36.5 Å². The Morgan fingerprint density at radius 2 is 1.82 bits per heavy atom. The van der Waals surface area contributed by atoms with Crippen LogP contribution in [0.1, 0.15) is 49.7 Å². The number of phenols is 1. The molecule has 0 saturated carbocycles. The molecule has 1 saturated heterocycles. The number of phenolic OH excluding ortho intramolecular Hbond substituents is 1. The number of hydrogen-bond donors (Lipinski definition) is 2. The van der Waals surface area contributed by atoms with Gasteiger partial charge in [-0.05, 0) is 92.7 Å². The SMILES string of the molecule is CC1=CC(C)(C)N(C)c2ccc([C@H]3[C@@H](c4ccccn4)NC(=S)N3c3ccc(O)cc3)cc21. The minimum absolute atomic E-state index is 0.0380. The molecular weight excluding hydrogens is 428 g/mol. The van der Waals surface area contributed by atoms with Gasteiger partial charge in [-0.25, -0.2) is 0 Å². The Kier molecular flexibility index (Phi) is 5.13. The van der Waals surface area contributed by atoms with Gasteiger partial charge in [-0.3, -0.25) is 4.98 Å². The summed E-state index contributed by atoms with van der Waals surface area (Å²) in [7, 11) is 2.15. The lowest BCUT2D eigenvalue weighted by Crippen LogP contribution is -2.42. The van der Waals surface area contributed by atoms with Gasteiger partial charge in [0.2, 0.25) is 0 Å². The summed E-state index contributed by atoms with van der Waals surface area (Å²) in [4.78, 5) is 9.09. The van der Waals surface area contributed by atoms with Crippen LogP contribution in [0.5, 0.6) is 5.75 Å². The lowest BCUT2D eigenvalue weighted by Gasteiger charge is -2.41. The maximum Gasteiger partial charge on any atom is 0.174 e. The summed E-state index contributed by atoms with van der Waals surface area (Å²) in [5, 5.41) is 14.0. The van der Waals surface area contributed by atoms with E-state index in [2.05, 4.69) is 72.2 Å². The summed E-state index contributed by atoms with van der Waals surface area (Å²) in [5.41, 5.74) is 6.72. The summed E-state index contributed by atoms with van der Waals surface area (Å²) in [6, 6.07) is 19.7. The summed E-state index contributed by atoms with van der Waals surface area (Å²) in [6.45, 7) is 6.65. The molecule has 0 amide bonds. The average molecular weight is 457 g/mol. The maximum atomic E-state index is 9.82. The molecule has 3 heterocycles. The van der Waals surface area contributed by atoms with E-state index in [1.165, 1.54) is 16.8 Å². The number of allylic oxidation sites excluding steroid dienone is 1. The smallest absolute Gasteiger partial charge is 0.174 e. The third kappa shape index (κ3) is 3.64. The summed E-state index contributed by atoms with van der Waals surface area (Å²) < 4.78 is 0. The second-order valence-corrected chi connectivity index (χ2v) is 9.72. The first-order chi connectivity index (χ1) is 15.8.